The first-order valence-corrected chi connectivity index (χ1v) is 19.1. The van der Waals surface area contributed by atoms with Gasteiger partial charge >= 0.3 is 11.9 Å². The number of carbonyl (C=O) groups is 2. The van der Waals surface area contributed by atoms with Crippen LogP contribution in [0.3, 0.4) is 0 Å². The van der Waals surface area contributed by atoms with E-state index in [2.05, 4.69) is 75.0 Å². The van der Waals surface area contributed by atoms with Crippen LogP contribution in [0.2, 0.25) is 0 Å². The number of methoxy groups -OCH3 is 3. The second-order valence-electron chi connectivity index (χ2n) is 15.0. The van der Waals surface area contributed by atoms with E-state index in [1.807, 2.05) is 48.5 Å². The summed E-state index contributed by atoms with van der Waals surface area (Å²) in [7, 11) is 4.98. The highest BCUT2D eigenvalue weighted by atomic mass is 16.6. The first kappa shape index (κ1) is 38.1. The molecule has 1 aliphatic carbocycles. The minimum Gasteiger partial charge on any atom is -0.497 e. The minimum absolute atomic E-state index is 0.0420. The fraction of sp³-hybridized carbons (Fsp3) is 0.200. The zero-order valence-electron chi connectivity index (χ0n) is 33.4. The summed E-state index contributed by atoms with van der Waals surface area (Å²) in [5.41, 5.74) is 11.0. The Bertz CT molecular complexity index is 2620. The van der Waals surface area contributed by atoms with Gasteiger partial charge in [-0.3, -0.25) is 0 Å². The second kappa shape index (κ2) is 15.3. The molecule has 1 unspecified atom stereocenters. The minimum atomic E-state index is -0.520. The van der Waals surface area contributed by atoms with Crippen molar-refractivity contribution < 1.29 is 38.0 Å². The van der Waals surface area contributed by atoms with Crippen molar-refractivity contribution in [3.05, 3.63) is 161 Å². The topological polar surface area (TPSA) is 89.5 Å². The lowest BCUT2D eigenvalue weighted by molar-refractivity contribution is -0.140. The highest BCUT2D eigenvalue weighted by Gasteiger charge is 2.43. The van der Waals surface area contributed by atoms with Crippen LogP contribution in [-0.2, 0) is 19.7 Å². The molecule has 0 bridgehead atoms. The number of carbonyl (C=O) groups excluding carboxylic acids is 2. The molecule has 1 atom stereocenters. The molecule has 1 aliphatic heterocycles. The molecular formula is C50H44O8. The number of rotatable bonds is 11. The number of fused-ring (bicyclic) bond motifs is 8. The Kier molecular flexibility index (Phi) is 10.0. The first-order chi connectivity index (χ1) is 28.0. The molecule has 1 heterocycles. The molecule has 0 aromatic heterocycles. The van der Waals surface area contributed by atoms with E-state index >= 15 is 0 Å². The van der Waals surface area contributed by atoms with Crippen molar-refractivity contribution >= 4 is 28.3 Å². The standard InChI is InChI=1S/C50H44O8/c1-29(2)48(51)56-23-24-57-49(52)33-15-13-30(14-16-33)34-19-22-36-40(25-34)50(3,4)46-44(36)38-27-42(54-6)43(55-7)28-39(38)47-45(46)37(31-11-9-8-10-12-31)26-41(58-47)32-17-20-35(53-5)21-18-32/h8-22,25-28,41H,1,23-24H2,2-7H3. The summed E-state index contributed by atoms with van der Waals surface area (Å²) in [6, 6.07) is 36.5. The lowest BCUT2D eigenvalue weighted by atomic mass is 9.75. The number of ether oxygens (including phenoxy) is 6. The van der Waals surface area contributed by atoms with Gasteiger partial charge in [0.15, 0.2) is 11.5 Å². The van der Waals surface area contributed by atoms with Crippen LogP contribution in [0.15, 0.2) is 127 Å². The van der Waals surface area contributed by atoms with Crippen LogP contribution < -0.4 is 18.9 Å². The van der Waals surface area contributed by atoms with E-state index in [-0.39, 0.29) is 24.9 Å². The van der Waals surface area contributed by atoms with Crippen LogP contribution in [0.25, 0.3) is 38.6 Å². The van der Waals surface area contributed by atoms with Gasteiger partial charge in [-0.1, -0.05) is 87.2 Å². The molecule has 0 N–H and O–H groups in total. The maximum atomic E-state index is 12.8. The maximum Gasteiger partial charge on any atom is 0.338 e. The fourth-order valence-corrected chi connectivity index (χ4v) is 8.15. The van der Waals surface area contributed by atoms with Gasteiger partial charge in [0, 0.05) is 21.9 Å². The van der Waals surface area contributed by atoms with Gasteiger partial charge in [-0.25, -0.2) is 9.59 Å². The fourth-order valence-electron chi connectivity index (χ4n) is 8.15. The Morgan fingerprint density at radius 1 is 0.707 bits per heavy atom. The number of esters is 2. The van der Waals surface area contributed by atoms with Crippen LogP contribution >= 0.6 is 0 Å². The predicted molar refractivity (Wildman–Crippen MR) is 226 cm³/mol. The molecule has 0 amide bonds. The molecule has 292 valence electrons. The van der Waals surface area contributed by atoms with Crippen LogP contribution in [0, 0.1) is 0 Å². The van der Waals surface area contributed by atoms with E-state index in [4.69, 9.17) is 28.4 Å². The predicted octanol–water partition coefficient (Wildman–Crippen LogP) is 10.7. The summed E-state index contributed by atoms with van der Waals surface area (Å²) < 4.78 is 34.8. The van der Waals surface area contributed by atoms with Crippen molar-refractivity contribution in [2.45, 2.75) is 32.3 Å². The summed E-state index contributed by atoms with van der Waals surface area (Å²) in [5, 5.41) is 1.93. The van der Waals surface area contributed by atoms with E-state index in [0.29, 0.717) is 17.1 Å². The molecule has 8 nitrogen and oxygen atoms in total. The molecule has 58 heavy (non-hydrogen) atoms. The molecule has 0 saturated heterocycles. The van der Waals surface area contributed by atoms with Gasteiger partial charge in [-0.15, -0.1) is 0 Å². The highest BCUT2D eigenvalue weighted by molar-refractivity contribution is 6.11. The van der Waals surface area contributed by atoms with E-state index in [1.165, 1.54) is 11.1 Å². The largest absolute Gasteiger partial charge is 0.497 e. The van der Waals surface area contributed by atoms with E-state index in [1.54, 1.807) is 40.4 Å². The van der Waals surface area contributed by atoms with Gasteiger partial charge in [-0.05, 0) is 111 Å². The molecule has 0 spiro atoms. The van der Waals surface area contributed by atoms with E-state index < -0.39 is 17.4 Å². The van der Waals surface area contributed by atoms with Gasteiger partial charge in [0.25, 0.3) is 0 Å². The van der Waals surface area contributed by atoms with Crippen molar-refractivity contribution in [2.24, 2.45) is 0 Å². The average molecular weight is 773 g/mol. The van der Waals surface area contributed by atoms with Crippen LogP contribution in [-0.4, -0.2) is 46.5 Å². The van der Waals surface area contributed by atoms with Crippen molar-refractivity contribution in [1.29, 1.82) is 0 Å². The van der Waals surface area contributed by atoms with Gasteiger partial charge < -0.3 is 28.4 Å². The molecule has 6 aromatic carbocycles. The molecule has 0 saturated carbocycles. The summed E-state index contributed by atoms with van der Waals surface area (Å²) in [6.07, 6.45) is 1.86. The molecular weight excluding hydrogens is 729 g/mol. The summed E-state index contributed by atoms with van der Waals surface area (Å²) in [4.78, 5) is 24.4. The first-order valence-electron chi connectivity index (χ1n) is 19.1. The lowest BCUT2D eigenvalue weighted by Gasteiger charge is -2.33. The monoisotopic (exact) mass is 772 g/mol. The molecule has 8 rings (SSSR count). The van der Waals surface area contributed by atoms with Crippen LogP contribution in [0.4, 0.5) is 0 Å². The quantitative estimate of drug-likeness (QED) is 0.0731. The van der Waals surface area contributed by atoms with Gasteiger partial charge in [-0.2, -0.15) is 0 Å². The molecule has 6 aromatic rings. The van der Waals surface area contributed by atoms with Crippen molar-refractivity contribution in [2.75, 3.05) is 34.5 Å². The number of hydrogen-bond donors (Lipinski definition) is 0. The van der Waals surface area contributed by atoms with Crippen LogP contribution in [0.1, 0.15) is 65.1 Å². The van der Waals surface area contributed by atoms with Crippen LogP contribution in [0.5, 0.6) is 23.0 Å². The van der Waals surface area contributed by atoms with E-state index in [9.17, 15) is 9.59 Å². The van der Waals surface area contributed by atoms with Crippen molar-refractivity contribution in [3.63, 3.8) is 0 Å². The lowest BCUT2D eigenvalue weighted by Crippen LogP contribution is -2.21. The number of benzene rings is 6. The normalized spacial score (nSPS) is 14.6. The van der Waals surface area contributed by atoms with Gasteiger partial charge in [0.1, 0.15) is 30.8 Å². The zero-order valence-corrected chi connectivity index (χ0v) is 33.4. The SMILES string of the molecule is C=C(C)C(=O)OCCOC(=O)c1ccc(-c2ccc3c(c2)C(C)(C)c2c4c(c5cc(OC)c(OC)cc5c2-3)OC(c2ccc(OC)cc2)C=C4c2ccccc2)cc1. The Morgan fingerprint density at radius 2 is 1.36 bits per heavy atom. The Morgan fingerprint density at radius 3 is 2.02 bits per heavy atom. The van der Waals surface area contributed by atoms with Gasteiger partial charge in [0.05, 0.1) is 26.9 Å². The average Bonchev–Trinajstić information content (AvgIpc) is 3.50. The summed E-state index contributed by atoms with van der Waals surface area (Å²) in [6.45, 7) is 9.58. The zero-order chi connectivity index (χ0) is 40.7. The third-order valence-corrected chi connectivity index (χ3v) is 11.1. The molecule has 2 aliphatic rings. The Balaban J connectivity index is 1.25. The third-order valence-electron chi connectivity index (χ3n) is 11.1. The summed E-state index contributed by atoms with van der Waals surface area (Å²) >= 11 is 0. The van der Waals surface area contributed by atoms with Crippen molar-refractivity contribution in [3.8, 4) is 45.3 Å². The maximum absolute atomic E-state index is 12.8. The summed E-state index contributed by atoms with van der Waals surface area (Å²) in [5.74, 6) is 1.80. The smallest absolute Gasteiger partial charge is 0.338 e. The highest BCUT2D eigenvalue weighted by Crippen LogP contribution is 2.60. The molecule has 0 radical (unpaired) electrons. The Labute approximate surface area is 338 Å². The molecule has 8 heteroatoms. The second-order valence-corrected chi connectivity index (χ2v) is 15.0. The van der Waals surface area contributed by atoms with E-state index in [0.717, 1.165) is 66.8 Å². The number of hydrogen-bond acceptors (Lipinski definition) is 8. The Hall–Kier alpha value is -6.80. The molecule has 0 fully saturated rings. The van der Waals surface area contributed by atoms with Gasteiger partial charge in [0.2, 0.25) is 0 Å². The van der Waals surface area contributed by atoms with Crippen molar-refractivity contribution in [1.82, 2.24) is 0 Å². The third kappa shape index (κ3) is 6.64.